The van der Waals surface area contributed by atoms with Crippen LogP contribution in [-0.2, 0) is 11.3 Å². The molecule has 6 nitrogen and oxygen atoms in total. The number of para-hydroxylation sites is 2. The van der Waals surface area contributed by atoms with Crippen LogP contribution in [0, 0.1) is 5.92 Å². The van der Waals surface area contributed by atoms with Gasteiger partial charge < -0.3 is 14.8 Å². The van der Waals surface area contributed by atoms with Gasteiger partial charge in [0.05, 0.1) is 22.9 Å². The highest BCUT2D eigenvalue weighted by atomic mass is 16.1. The summed E-state index contributed by atoms with van der Waals surface area (Å²) in [5.41, 5.74) is 2.95. The number of benzene rings is 1. The van der Waals surface area contributed by atoms with Gasteiger partial charge in [-0.1, -0.05) is 12.1 Å². The second-order valence-electron chi connectivity index (χ2n) is 6.64. The van der Waals surface area contributed by atoms with Crippen LogP contribution in [0.5, 0.6) is 0 Å². The minimum absolute atomic E-state index is 0.0333. The number of carbonyl (C=O) groups excluding carboxylic acids is 1. The van der Waals surface area contributed by atoms with Gasteiger partial charge in [-0.05, 0) is 44.0 Å². The number of pyridine rings is 1. The van der Waals surface area contributed by atoms with E-state index in [9.17, 15) is 4.79 Å². The van der Waals surface area contributed by atoms with Crippen LogP contribution in [0.2, 0.25) is 0 Å². The molecule has 134 valence electrons. The standard InChI is InChI=1S/C20H23N5O/c1-2-25-18-8-4-3-7-17(18)23-20(25)24-12-9-15(10-13-24)19(26)22-16-6-5-11-21-14-16/h3-8,11,14-15H,2,9-10,12-13H2,1H3,(H,22,26). The van der Waals surface area contributed by atoms with Crippen molar-refractivity contribution in [1.29, 1.82) is 0 Å². The topological polar surface area (TPSA) is 63.1 Å². The Balaban J connectivity index is 1.44. The zero-order valence-corrected chi connectivity index (χ0v) is 14.9. The van der Waals surface area contributed by atoms with Gasteiger partial charge in [0.15, 0.2) is 0 Å². The van der Waals surface area contributed by atoms with E-state index in [1.54, 1.807) is 12.4 Å². The van der Waals surface area contributed by atoms with Crippen LogP contribution in [0.3, 0.4) is 0 Å². The molecule has 6 heteroatoms. The number of amides is 1. The molecule has 3 heterocycles. The van der Waals surface area contributed by atoms with Gasteiger partial charge in [0.25, 0.3) is 0 Å². The van der Waals surface area contributed by atoms with E-state index in [0.29, 0.717) is 0 Å². The average Bonchev–Trinajstić information content (AvgIpc) is 3.07. The maximum Gasteiger partial charge on any atom is 0.227 e. The quantitative estimate of drug-likeness (QED) is 0.785. The number of aromatic nitrogens is 3. The average molecular weight is 349 g/mol. The van der Waals surface area contributed by atoms with Crippen LogP contribution >= 0.6 is 0 Å². The molecular weight excluding hydrogens is 326 g/mol. The predicted octanol–water partition coefficient (Wildman–Crippen LogP) is 3.31. The monoisotopic (exact) mass is 349 g/mol. The Morgan fingerprint density at radius 2 is 2.00 bits per heavy atom. The Bertz CT molecular complexity index is 897. The van der Waals surface area contributed by atoms with E-state index in [2.05, 4.69) is 44.9 Å². The molecule has 0 spiro atoms. The molecule has 1 saturated heterocycles. The van der Waals surface area contributed by atoms with E-state index in [4.69, 9.17) is 4.98 Å². The number of aryl methyl sites for hydroxylation is 1. The fourth-order valence-electron chi connectivity index (χ4n) is 3.64. The SMILES string of the molecule is CCn1c(N2CCC(C(=O)Nc3cccnc3)CC2)nc2ccccc21. The van der Waals surface area contributed by atoms with Crippen molar-refractivity contribution in [3.63, 3.8) is 0 Å². The maximum atomic E-state index is 12.5. The summed E-state index contributed by atoms with van der Waals surface area (Å²) in [5, 5.41) is 2.97. The first-order valence-corrected chi connectivity index (χ1v) is 9.17. The molecule has 1 amide bonds. The molecule has 0 saturated carbocycles. The summed E-state index contributed by atoms with van der Waals surface area (Å²) in [6, 6.07) is 11.9. The fourth-order valence-corrected chi connectivity index (χ4v) is 3.64. The summed E-state index contributed by atoms with van der Waals surface area (Å²) in [5.74, 6) is 1.13. The van der Waals surface area contributed by atoms with E-state index in [1.807, 2.05) is 18.2 Å². The van der Waals surface area contributed by atoms with Gasteiger partial charge in [0.2, 0.25) is 11.9 Å². The van der Waals surface area contributed by atoms with Gasteiger partial charge in [-0.2, -0.15) is 0 Å². The van der Waals surface area contributed by atoms with Crippen molar-refractivity contribution in [2.24, 2.45) is 5.92 Å². The number of anilines is 2. The lowest BCUT2D eigenvalue weighted by atomic mass is 9.96. The minimum atomic E-state index is 0.0333. The number of hydrogen-bond donors (Lipinski definition) is 1. The van der Waals surface area contributed by atoms with Gasteiger partial charge in [0, 0.05) is 31.7 Å². The second kappa shape index (κ2) is 7.15. The smallest absolute Gasteiger partial charge is 0.227 e. The van der Waals surface area contributed by atoms with E-state index in [-0.39, 0.29) is 11.8 Å². The summed E-state index contributed by atoms with van der Waals surface area (Å²) in [6.07, 6.45) is 5.04. The largest absolute Gasteiger partial charge is 0.342 e. The highest BCUT2D eigenvalue weighted by molar-refractivity contribution is 5.92. The molecule has 4 rings (SSSR count). The molecule has 1 N–H and O–H groups in total. The number of fused-ring (bicyclic) bond motifs is 1. The van der Waals surface area contributed by atoms with Crippen molar-refractivity contribution in [2.45, 2.75) is 26.3 Å². The Hall–Kier alpha value is -2.89. The molecule has 0 aliphatic carbocycles. The van der Waals surface area contributed by atoms with E-state index in [1.165, 1.54) is 5.52 Å². The fraction of sp³-hybridized carbons (Fsp3) is 0.350. The highest BCUT2D eigenvalue weighted by Gasteiger charge is 2.27. The zero-order chi connectivity index (χ0) is 17.9. The van der Waals surface area contributed by atoms with Gasteiger partial charge in [-0.25, -0.2) is 4.98 Å². The summed E-state index contributed by atoms with van der Waals surface area (Å²) in [6.45, 7) is 4.71. The lowest BCUT2D eigenvalue weighted by molar-refractivity contribution is -0.120. The summed E-state index contributed by atoms with van der Waals surface area (Å²) >= 11 is 0. The Labute approximate surface area is 152 Å². The Morgan fingerprint density at radius 1 is 1.19 bits per heavy atom. The third kappa shape index (κ3) is 3.14. The van der Waals surface area contributed by atoms with Crippen molar-refractivity contribution < 1.29 is 4.79 Å². The first-order chi connectivity index (χ1) is 12.8. The van der Waals surface area contributed by atoms with Crippen LogP contribution in [0.1, 0.15) is 19.8 Å². The maximum absolute atomic E-state index is 12.5. The van der Waals surface area contributed by atoms with E-state index >= 15 is 0 Å². The second-order valence-corrected chi connectivity index (χ2v) is 6.64. The van der Waals surface area contributed by atoms with Crippen LogP contribution < -0.4 is 10.2 Å². The third-order valence-corrected chi connectivity index (χ3v) is 5.03. The lowest BCUT2D eigenvalue weighted by Crippen LogP contribution is -2.39. The molecule has 26 heavy (non-hydrogen) atoms. The van der Waals surface area contributed by atoms with Crippen molar-refractivity contribution in [3.8, 4) is 0 Å². The van der Waals surface area contributed by atoms with Crippen molar-refractivity contribution in [1.82, 2.24) is 14.5 Å². The number of hydrogen-bond acceptors (Lipinski definition) is 4. The number of nitrogens with one attached hydrogen (secondary N) is 1. The molecule has 0 radical (unpaired) electrons. The summed E-state index contributed by atoms with van der Waals surface area (Å²) < 4.78 is 2.26. The number of rotatable bonds is 4. The van der Waals surface area contributed by atoms with Gasteiger partial charge in [-0.3, -0.25) is 9.78 Å². The van der Waals surface area contributed by atoms with Gasteiger partial charge in [-0.15, -0.1) is 0 Å². The van der Waals surface area contributed by atoms with Crippen molar-refractivity contribution in [2.75, 3.05) is 23.3 Å². The summed E-state index contributed by atoms with van der Waals surface area (Å²) in [4.78, 5) is 23.7. The van der Waals surface area contributed by atoms with Crippen molar-refractivity contribution in [3.05, 3.63) is 48.8 Å². The molecule has 2 aromatic heterocycles. The number of carbonyl (C=O) groups is 1. The lowest BCUT2D eigenvalue weighted by Gasteiger charge is -2.32. The predicted molar refractivity (Wildman–Crippen MR) is 103 cm³/mol. The van der Waals surface area contributed by atoms with Gasteiger partial charge >= 0.3 is 0 Å². The normalized spacial score (nSPS) is 15.3. The van der Waals surface area contributed by atoms with Gasteiger partial charge in [0.1, 0.15) is 0 Å². The van der Waals surface area contributed by atoms with Crippen LogP contribution in [0.15, 0.2) is 48.8 Å². The number of nitrogens with zero attached hydrogens (tertiary/aromatic N) is 4. The van der Waals surface area contributed by atoms with Crippen LogP contribution in [0.4, 0.5) is 11.6 Å². The molecule has 1 fully saturated rings. The van der Waals surface area contributed by atoms with Crippen molar-refractivity contribution >= 4 is 28.6 Å². The molecule has 1 aliphatic rings. The molecule has 0 atom stereocenters. The van der Waals surface area contributed by atoms with E-state index in [0.717, 1.165) is 49.6 Å². The Kier molecular flexibility index (Phi) is 4.56. The molecule has 1 aromatic carbocycles. The first-order valence-electron chi connectivity index (χ1n) is 9.17. The zero-order valence-electron chi connectivity index (χ0n) is 14.9. The highest BCUT2D eigenvalue weighted by Crippen LogP contribution is 2.27. The molecule has 0 unspecified atom stereocenters. The van der Waals surface area contributed by atoms with E-state index < -0.39 is 0 Å². The molecular formula is C20H23N5O. The third-order valence-electron chi connectivity index (χ3n) is 5.03. The molecule has 0 bridgehead atoms. The number of imidazole rings is 1. The minimum Gasteiger partial charge on any atom is -0.342 e. The molecule has 3 aromatic rings. The first kappa shape index (κ1) is 16.6. The Morgan fingerprint density at radius 3 is 2.73 bits per heavy atom. The van der Waals surface area contributed by atoms with Crippen LogP contribution in [-0.4, -0.2) is 33.5 Å². The molecule has 1 aliphatic heterocycles. The number of piperidine rings is 1. The van der Waals surface area contributed by atoms with Crippen LogP contribution in [0.25, 0.3) is 11.0 Å². The summed E-state index contributed by atoms with van der Waals surface area (Å²) in [7, 11) is 0.